The van der Waals surface area contributed by atoms with Crippen LogP contribution in [0.3, 0.4) is 0 Å². The number of methoxy groups -OCH3 is 4. The van der Waals surface area contributed by atoms with Crippen molar-refractivity contribution in [1.82, 2.24) is 10.0 Å². The van der Waals surface area contributed by atoms with Gasteiger partial charge in [0.1, 0.15) is 10.6 Å². The minimum absolute atomic E-state index is 0.109. The van der Waals surface area contributed by atoms with Gasteiger partial charge in [0, 0.05) is 11.6 Å². The molecule has 2 aromatic rings. The van der Waals surface area contributed by atoms with Gasteiger partial charge in [0.15, 0.2) is 11.5 Å². The summed E-state index contributed by atoms with van der Waals surface area (Å²) in [6, 6.07) is 6.97. The molecule has 9 nitrogen and oxygen atoms in total. The molecule has 0 aromatic heterocycles. The number of rotatable bonds is 10. The van der Waals surface area contributed by atoms with Crippen LogP contribution >= 0.6 is 0 Å². The van der Waals surface area contributed by atoms with E-state index in [-0.39, 0.29) is 22.3 Å². The Morgan fingerprint density at radius 3 is 1.88 bits per heavy atom. The van der Waals surface area contributed by atoms with Crippen molar-refractivity contribution in [2.45, 2.75) is 37.8 Å². The predicted octanol–water partition coefficient (Wildman–Crippen LogP) is 2.90. The molecule has 0 fully saturated rings. The minimum Gasteiger partial charge on any atom is -0.495 e. The third-order valence-electron chi connectivity index (χ3n) is 4.64. The van der Waals surface area contributed by atoms with Gasteiger partial charge >= 0.3 is 0 Å². The molecular formula is C22H30N2O7S. The summed E-state index contributed by atoms with van der Waals surface area (Å²) in [5, 5.41) is 2.86. The van der Waals surface area contributed by atoms with Crippen LogP contribution in [0.1, 0.15) is 42.7 Å². The fraction of sp³-hybridized carbons (Fsp3) is 0.409. The third-order valence-corrected chi connectivity index (χ3v) is 6.32. The molecule has 0 aliphatic carbocycles. The van der Waals surface area contributed by atoms with E-state index < -0.39 is 22.0 Å². The van der Waals surface area contributed by atoms with Crippen LogP contribution in [0.15, 0.2) is 35.2 Å². The normalized spacial score (nSPS) is 12.2. The number of hydrogen-bond donors (Lipinski definition) is 2. The van der Waals surface area contributed by atoms with Crippen LogP contribution in [0.5, 0.6) is 23.0 Å². The zero-order valence-corrected chi connectivity index (χ0v) is 20.1. The Hall–Kier alpha value is -2.98. The molecule has 10 heteroatoms. The Labute approximate surface area is 189 Å². The van der Waals surface area contributed by atoms with Crippen molar-refractivity contribution in [3.8, 4) is 23.0 Å². The minimum atomic E-state index is -3.87. The molecule has 0 aliphatic heterocycles. The summed E-state index contributed by atoms with van der Waals surface area (Å²) < 4.78 is 49.1. The van der Waals surface area contributed by atoms with Crippen molar-refractivity contribution in [3.63, 3.8) is 0 Å². The van der Waals surface area contributed by atoms with Gasteiger partial charge in [-0.2, -0.15) is 0 Å². The molecule has 0 bridgehead atoms. The largest absolute Gasteiger partial charge is 0.495 e. The maximum absolute atomic E-state index is 12.9. The number of ether oxygens (including phenoxy) is 4. The molecule has 0 aliphatic rings. The lowest BCUT2D eigenvalue weighted by Gasteiger charge is -2.19. The Morgan fingerprint density at radius 2 is 1.41 bits per heavy atom. The van der Waals surface area contributed by atoms with Gasteiger partial charge in [0.2, 0.25) is 15.8 Å². The monoisotopic (exact) mass is 466 g/mol. The average molecular weight is 467 g/mol. The molecule has 176 valence electrons. The van der Waals surface area contributed by atoms with Gasteiger partial charge in [-0.3, -0.25) is 4.79 Å². The fourth-order valence-electron chi connectivity index (χ4n) is 3.12. The van der Waals surface area contributed by atoms with E-state index >= 15 is 0 Å². The Balaban J connectivity index is 2.36. The quantitative estimate of drug-likeness (QED) is 0.554. The fourth-order valence-corrected chi connectivity index (χ4v) is 4.56. The standard InChI is InChI=1S/C22H30N2O7S/c1-13(2)24-32(26,27)20-12-15(8-9-17(20)28-4)22(25)23-14(3)16-10-18(29-5)21(31-7)19(11-16)30-6/h8-14,24H,1-7H3,(H,23,25). The summed E-state index contributed by atoms with van der Waals surface area (Å²) in [5.41, 5.74) is 0.893. The molecule has 32 heavy (non-hydrogen) atoms. The highest BCUT2D eigenvalue weighted by Crippen LogP contribution is 2.39. The number of sulfonamides is 1. The van der Waals surface area contributed by atoms with Gasteiger partial charge in [-0.25, -0.2) is 13.1 Å². The summed E-state index contributed by atoms with van der Waals surface area (Å²) in [5.74, 6) is 1.06. The number of amides is 1. The van der Waals surface area contributed by atoms with Crippen LogP contribution in [-0.4, -0.2) is 48.8 Å². The zero-order valence-electron chi connectivity index (χ0n) is 19.3. The van der Waals surface area contributed by atoms with E-state index in [2.05, 4.69) is 10.0 Å². The zero-order chi connectivity index (χ0) is 24.1. The molecule has 0 spiro atoms. The number of nitrogens with one attached hydrogen (secondary N) is 2. The first-order chi connectivity index (χ1) is 15.1. The molecule has 0 radical (unpaired) electrons. The highest BCUT2D eigenvalue weighted by Gasteiger charge is 2.23. The highest BCUT2D eigenvalue weighted by molar-refractivity contribution is 7.89. The number of hydrogen-bond acceptors (Lipinski definition) is 7. The van der Waals surface area contributed by atoms with Crippen LogP contribution in [0.4, 0.5) is 0 Å². The lowest BCUT2D eigenvalue weighted by Crippen LogP contribution is -2.31. The van der Waals surface area contributed by atoms with E-state index in [1.54, 1.807) is 32.9 Å². The maximum atomic E-state index is 12.9. The first-order valence-electron chi connectivity index (χ1n) is 9.89. The highest BCUT2D eigenvalue weighted by atomic mass is 32.2. The molecule has 2 aromatic carbocycles. The van der Waals surface area contributed by atoms with Crippen LogP contribution in [0, 0.1) is 0 Å². The summed E-state index contributed by atoms with van der Waals surface area (Å²) in [4.78, 5) is 12.8. The molecule has 1 atom stereocenters. The van der Waals surface area contributed by atoms with Crippen LogP contribution in [0.25, 0.3) is 0 Å². The van der Waals surface area contributed by atoms with Crippen molar-refractivity contribution >= 4 is 15.9 Å². The molecule has 0 saturated heterocycles. The van der Waals surface area contributed by atoms with Crippen molar-refractivity contribution in [2.24, 2.45) is 0 Å². The lowest BCUT2D eigenvalue weighted by molar-refractivity contribution is 0.0939. The third kappa shape index (κ3) is 5.63. The Morgan fingerprint density at radius 1 is 0.844 bits per heavy atom. The molecule has 2 N–H and O–H groups in total. The molecule has 0 heterocycles. The average Bonchev–Trinajstić information content (AvgIpc) is 2.76. The maximum Gasteiger partial charge on any atom is 0.251 e. The number of carbonyl (C=O) groups excluding carboxylic acids is 1. The van der Waals surface area contributed by atoms with Crippen molar-refractivity contribution in [2.75, 3.05) is 28.4 Å². The molecule has 1 unspecified atom stereocenters. The van der Waals surface area contributed by atoms with Gasteiger partial charge < -0.3 is 24.3 Å². The van der Waals surface area contributed by atoms with E-state index in [0.29, 0.717) is 17.2 Å². The first-order valence-corrected chi connectivity index (χ1v) is 11.4. The van der Waals surface area contributed by atoms with E-state index in [9.17, 15) is 13.2 Å². The summed E-state index contributed by atoms with van der Waals surface area (Å²) in [6.07, 6.45) is 0. The Kier molecular flexibility index (Phi) is 8.34. The first kappa shape index (κ1) is 25.3. The van der Waals surface area contributed by atoms with E-state index in [4.69, 9.17) is 18.9 Å². The number of carbonyl (C=O) groups is 1. The van der Waals surface area contributed by atoms with E-state index in [0.717, 1.165) is 5.56 Å². The number of benzene rings is 2. The van der Waals surface area contributed by atoms with Crippen molar-refractivity contribution in [3.05, 3.63) is 41.5 Å². The Bertz CT molecular complexity index is 1040. The van der Waals surface area contributed by atoms with Gasteiger partial charge in [0.05, 0.1) is 34.5 Å². The van der Waals surface area contributed by atoms with E-state index in [1.165, 1.54) is 46.6 Å². The smallest absolute Gasteiger partial charge is 0.251 e. The molecule has 2 rings (SSSR count). The van der Waals surface area contributed by atoms with Crippen LogP contribution in [-0.2, 0) is 10.0 Å². The summed E-state index contributed by atoms with van der Waals surface area (Å²) in [7, 11) is 2.03. The van der Waals surface area contributed by atoms with Gasteiger partial charge in [-0.1, -0.05) is 0 Å². The lowest BCUT2D eigenvalue weighted by atomic mass is 10.1. The summed E-state index contributed by atoms with van der Waals surface area (Å²) >= 11 is 0. The second-order valence-corrected chi connectivity index (χ2v) is 8.98. The molecule has 0 saturated carbocycles. The second kappa shape index (κ2) is 10.6. The molecular weight excluding hydrogens is 436 g/mol. The van der Waals surface area contributed by atoms with Gasteiger partial charge in [-0.15, -0.1) is 0 Å². The van der Waals surface area contributed by atoms with Crippen LogP contribution in [0.2, 0.25) is 0 Å². The van der Waals surface area contributed by atoms with Crippen LogP contribution < -0.4 is 29.0 Å². The summed E-state index contributed by atoms with van der Waals surface area (Å²) in [6.45, 7) is 5.21. The van der Waals surface area contributed by atoms with Gasteiger partial charge in [0.25, 0.3) is 5.91 Å². The predicted molar refractivity (Wildman–Crippen MR) is 120 cm³/mol. The van der Waals surface area contributed by atoms with E-state index in [1.807, 2.05) is 0 Å². The van der Waals surface area contributed by atoms with Crippen molar-refractivity contribution in [1.29, 1.82) is 0 Å². The second-order valence-electron chi connectivity index (χ2n) is 7.30. The van der Waals surface area contributed by atoms with Crippen molar-refractivity contribution < 1.29 is 32.2 Å². The SMILES string of the molecule is COc1ccc(C(=O)NC(C)c2cc(OC)c(OC)c(OC)c2)cc1S(=O)(=O)NC(C)C. The topological polar surface area (TPSA) is 112 Å². The molecule has 1 amide bonds. The van der Waals surface area contributed by atoms with Gasteiger partial charge in [-0.05, 0) is 56.7 Å².